The van der Waals surface area contributed by atoms with Crippen molar-refractivity contribution in [2.75, 3.05) is 49.6 Å². The molecule has 0 bridgehead atoms. The third kappa shape index (κ3) is 4.52. The largest absolute Gasteiger partial charge is 0.457 e. The normalized spacial score (nSPS) is 22.3. The molecule has 182 valence electrons. The molecule has 1 unspecified atom stereocenters. The molecule has 5 rings (SSSR count). The molecule has 2 aromatic carbocycles. The number of fused-ring (bicyclic) bond motifs is 3. The minimum Gasteiger partial charge on any atom is -0.457 e. The van der Waals surface area contributed by atoms with E-state index in [9.17, 15) is 9.18 Å². The zero-order chi connectivity index (χ0) is 23.7. The standard InChI is InChI=1S/C28H36FN3O2/c1-3-6-27(33)34-26(20-10-12-21(29)13-11-20)9-5-15-31-16-14-24-23(19-31)22-7-4-8-25-28(22)32(24)18-17-30(25)2/h4,7-8,10-13,23-24,26H,3,5-6,9,14-19H2,1-2H3/t23-,24-,26?/m0/s1. The van der Waals surface area contributed by atoms with E-state index in [0.717, 1.165) is 57.5 Å². The maximum Gasteiger partial charge on any atom is 0.306 e. The highest BCUT2D eigenvalue weighted by Crippen LogP contribution is 2.50. The number of ether oxygens (including phenoxy) is 1. The molecule has 0 saturated carbocycles. The molecule has 0 aliphatic carbocycles. The van der Waals surface area contributed by atoms with Crippen molar-refractivity contribution in [1.29, 1.82) is 0 Å². The number of likely N-dealkylation sites (N-methyl/N-ethyl adjacent to an activating group) is 1. The monoisotopic (exact) mass is 465 g/mol. The number of esters is 1. The third-order valence-electron chi connectivity index (χ3n) is 7.79. The van der Waals surface area contributed by atoms with E-state index in [1.807, 2.05) is 6.92 Å². The summed E-state index contributed by atoms with van der Waals surface area (Å²) < 4.78 is 19.2. The summed E-state index contributed by atoms with van der Waals surface area (Å²) in [5, 5.41) is 0. The minimum atomic E-state index is -0.313. The number of likely N-dealkylation sites (tertiary alicyclic amines) is 1. The number of nitrogens with zero attached hydrogens (tertiary/aromatic N) is 3. The Morgan fingerprint density at radius 2 is 1.97 bits per heavy atom. The van der Waals surface area contributed by atoms with Crippen LogP contribution in [-0.4, -0.2) is 56.7 Å². The number of carbonyl (C=O) groups is 1. The Balaban J connectivity index is 1.22. The molecule has 1 fully saturated rings. The van der Waals surface area contributed by atoms with E-state index in [0.29, 0.717) is 18.4 Å². The Bertz CT molecular complexity index is 1010. The van der Waals surface area contributed by atoms with Crippen molar-refractivity contribution in [3.05, 3.63) is 59.4 Å². The zero-order valence-electron chi connectivity index (χ0n) is 20.4. The Hall–Kier alpha value is -2.60. The van der Waals surface area contributed by atoms with Crippen molar-refractivity contribution in [3.63, 3.8) is 0 Å². The lowest BCUT2D eigenvalue weighted by atomic mass is 9.89. The molecule has 3 aliphatic rings. The summed E-state index contributed by atoms with van der Waals surface area (Å²) in [7, 11) is 2.20. The van der Waals surface area contributed by atoms with Gasteiger partial charge in [0.2, 0.25) is 0 Å². The molecule has 3 atom stereocenters. The van der Waals surface area contributed by atoms with Crippen LogP contribution in [0.5, 0.6) is 0 Å². The van der Waals surface area contributed by atoms with Crippen LogP contribution < -0.4 is 9.80 Å². The quantitative estimate of drug-likeness (QED) is 0.506. The van der Waals surface area contributed by atoms with E-state index in [4.69, 9.17) is 4.74 Å². The van der Waals surface area contributed by atoms with Crippen LogP contribution in [0.1, 0.15) is 62.2 Å². The van der Waals surface area contributed by atoms with Gasteiger partial charge in [-0.05, 0) is 61.6 Å². The molecule has 34 heavy (non-hydrogen) atoms. The predicted molar refractivity (Wildman–Crippen MR) is 134 cm³/mol. The average molecular weight is 466 g/mol. The second-order valence-corrected chi connectivity index (χ2v) is 10.0. The predicted octanol–water partition coefficient (Wildman–Crippen LogP) is 5.12. The molecular weight excluding hydrogens is 429 g/mol. The Labute approximate surface area is 202 Å². The smallest absolute Gasteiger partial charge is 0.306 e. The number of hydrogen-bond acceptors (Lipinski definition) is 5. The summed E-state index contributed by atoms with van der Waals surface area (Å²) in [6.45, 7) is 7.35. The van der Waals surface area contributed by atoms with Crippen molar-refractivity contribution < 1.29 is 13.9 Å². The van der Waals surface area contributed by atoms with Gasteiger partial charge in [-0.3, -0.25) is 4.79 Å². The Kier molecular flexibility index (Phi) is 6.77. The lowest BCUT2D eigenvalue weighted by Gasteiger charge is -2.41. The van der Waals surface area contributed by atoms with Crippen LogP contribution in [0, 0.1) is 5.82 Å². The molecule has 0 radical (unpaired) electrons. The highest BCUT2D eigenvalue weighted by Gasteiger charge is 2.44. The lowest BCUT2D eigenvalue weighted by Crippen LogP contribution is -2.49. The highest BCUT2D eigenvalue weighted by atomic mass is 19.1. The van der Waals surface area contributed by atoms with Gasteiger partial charge < -0.3 is 19.4 Å². The number of rotatable bonds is 8. The summed E-state index contributed by atoms with van der Waals surface area (Å²) >= 11 is 0. The molecule has 2 aromatic rings. The van der Waals surface area contributed by atoms with Crippen molar-refractivity contribution in [2.24, 2.45) is 0 Å². The number of halogens is 1. The van der Waals surface area contributed by atoms with Gasteiger partial charge in [0.05, 0.1) is 11.4 Å². The Morgan fingerprint density at radius 3 is 2.76 bits per heavy atom. The third-order valence-corrected chi connectivity index (χ3v) is 7.79. The highest BCUT2D eigenvalue weighted by molar-refractivity contribution is 5.80. The number of piperidine rings is 1. The van der Waals surface area contributed by atoms with Crippen molar-refractivity contribution >= 4 is 17.3 Å². The lowest BCUT2D eigenvalue weighted by molar-refractivity contribution is -0.150. The van der Waals surface area contributed by atoms with E-state index in [2.05, 4.69) is 39.9 Å². The van der Waals surface area contributed by atoms with Gasteiger partial charge in [-0.25, -0.2) is 4.39 Å². The van der Waals surface area contributed by atoms with Gasteiger partial charge in [-0.15, -0.1) is 0 Å². The molecule has 0 aromatic heterocycles. The van der Waals surface area contributed by atoms with Crippen molar-refractivity contribution in [2.45, 2.75) is 57.1 Å². The summed E-state index contributed by atoms with van der Waals surface area (Å²) in [6, 6.07) is 13.8. The average Bonchev–Trinajstić information content (AvgIpc) is 3.16. The van der Waals surface area contributed by atoms with Crippen LogP contribution in [0.4, 0.5) is 15.8 Å². The van der Waals surface area contributed by atoms with E-state index in [1.165, 1.54) is 35.5 Å². The van der Waals surface area contributed by atoms with Gasteiger partial charge in [0, 0.05) is 51.6 Å². The van der Waals surface area contributed by atoms with E-state index in [1.54, 1.807) is 12.1 Å². The number of anilines is 2. The molecule has 0 spiro atoms. The first kappa shape index (κ1) is 23.2. The van der Waals surface area contributed by atoms with Crippen molar-refractivity contribution in [1.82, 2.24) is 4.90 Å². The van der Waals surface area contributed by atoms with Gasteiger partial charge >= 0.3 is 5.97 Å². The molecular formula is C28H36FN3O2. The number of benzene rings is 2. The van der Waals surface area contributed by atoms with Crippen LogP contribution in [-0.2, 0) is 9.53 Å². The first-order valence-electron chi connectivity index (χ1n) is 12.8. The van der Waals surface area contributed by atoms with Gasteiger partial charge in [-0.1, -0.05) is 31.2 Å². The molecule has 1 saturated heterocycles. The maximum absolute atomic E-state index is 13.4. The second kappa shape index (κ2) is 9.95. The molecule has 3 heterocycles. The van der Waals surface area contributed by atoms with Gasteiger partial charge in [0.25, 0.3) is 0 Å². The number of hydrogen-bond donors (Lipinski definition) is 0. The Morgan fingerprint density at radius 1 is 1.15 bits per heavy atom. The SMILES string of the molecule is CCCC(=O)OC(CCCN1CC[C@H]2[C@@H](C1)c1cccc3c1N2CCN3C)c1ccc(F)cc1. The fourth-order valence-electron chi connectivity index (χ4n) is 6.07. The summed E-state index contributed by atoms with van der Waals surface area (Å²) in [4.78, 5) is 19.8. The summed E-state index contributed by atoms with van der Waals surface area (Å²) in [5.74, 6) is 0.117. The van der Waals surface area contributed by atoms with E-state index < -0.39 is 0 Å². The first-order valence-corrected chi connectivity index (χ1v) is 12.8. The van der Waals surface area contributed by atoms with Crippen molar-refractivity contribution in [3.8, 4) is 0 Å². The van der Waals surface area contributed by atoms with Crippen LogP contribution >= 0.6 is 0 Å². The molecule has 0 N–H and O–H groups in total. The molecule has 5 nitrogen and oxygen atoms in total. The van der Waals surface area contributed by atoms with E-state index in [-0.39, 0.29) is 17.9 Å². The second-order valence-electron chi connectivity index (χ2n) is 10.0. The van der Waals surface area contributed by atoms with E-state index >= 15 is 0 Å². The zero-order valence-corrected chi connectivity index (χ0v) is 20.4. The summed E-state index contributed by atoms with van der Waals surface area (Å²) in [6.07, 6.45) is 3.75. The van der Waals surface area contributed by atoms with Gasteiger partial charge in [0.1, 0.15) is 11.9 Å². The molecule has 6 heteroatoms. The first-order chi connectivity index (χ1) is 16.5. The molecule has 0 amide bonds. The van der Waals surface area contributed by atoms with Crippen LogP contribution in [0.3, 0.4) is 0 Å². The number of para-hydroxylation sites is 1. The topological polar surface area (TPSA) is 36.0 Å². The maximum atomic E-state index is 13.4. The minimum absolute atomic E-state index is 0.174. The fourth-order valence-corrected chi connectivity index (χ4v) is 6.07. The molecule has 3 aliphatic heterocycles. The van der Waals surface area contributed by atoms with Crippen LogP contribution in [0.25, 0.3) is 0 Å². The number of carbonyl (C=O) groups excluding carboxylic acids is 1. The van der Waals surface area contributed by atoms with Crippen LogP contribution in [0.2, 0.25) is 0 Å². The summed E-state index contributed by atoms with van der Waals surface area (Å²) in [5.41, 5.74) is 5.23. The van der Waals surface area contributed by atoms with Gasteiger partial charge in [0.15, 0.2) is 0 Å². The van der Waals surface area contributed by atoms with Crippen LogP contribution in [0.15, 0.2) is 42.5 Å². The fraction of sp³-hybridized carbons (Fsp3) is 0.536. The van der Waals surface area contributed by atoms with Gasteiger partial charge in [-0.2, -0.15) is 0 Å².